The van der Waals surface area contributed by atoms with Gasteiger partial charge in [0.15, 0.2) is 0 Å². The highest BCUT2D eigenvalue weighted by molar-refractivity contribution is 8.03. The van der Waals surface area contributed by atoms with Crippen LogP contribution in [-0.2, 0) is 0 Å². The summed E-state index contributed by atoms with van der Waals surface area (Å²) < 4.78 is 1.88. The Balaban J connectivity index is 1.71. The van der Waals surface area contributed by atoms with Crippen LogP contribution in [0.25, 0.3) is 22.3 Å². The van der Waals surface area contributed by atoms with Crippen LogP contribution in [0.2, 0.25) is 0 Å². The lowest BCUT2D eigenvalue weighted by molar-refractivity contribution is 0.531. The van der Waals surface area contributed by atoms with Gasteiger partial charge in [0.2, 0.25) is 0 Å². The van der Waals surface area contributed by atoms with Crippen LogP contribution in [0.15, 0.2) is 101 Å². The minimum atomic E-state index is -0.225. The molecule has 0 amide bonds. The number of aromatic amines is 1. The molecule has 1 aromatic carbocycles. The molecule has 3 aromatic heterocycles. The van der Waals surface area contributed by atoms with Crippen molar-refractivity contribution in [3.63, 3.8) is 0 Å². The maximum Gasteiger partial charge on any atom is 0.141 e. The summed E-state index contributed by atoms with van der Waals surface area (Å²) in [6.45, 7) is 4.20. The Kier molecular flexibility index (Phi) is 8.31. The predicted octanol–water partition coefficient (Wildman–Crippen LogP) is 7.25. The maximum absolute atomic E-state index is 9.70. The first-order chi connectivity index (χ1) is 17.2. The number of hydrogen-bond acceptors (Lipinski definition) is 5. The average Bonchev–Trinajstić information content (AvgIpc) is 3.57. The molecule has 1 unspecified atom stereocenters. The first-order valence-corrected chi connectivity index (χ1v) is 12.5. The van der Waals surface area contributed by atoms with Gasteiger partial charge in [-0.3, -0.25) is 4.68 Å². The van der Waals surface area contributed by atoms with Crippen LogP contribution < -0.4 is 0 Å². The first kappa shape index (κ1) is 24.2. The number of hydrogen-bond donors (Lipinski definition) is 1. The van der Waals surface area contributed by atoms with Gasteiger partial charge in [-0.15, -0.1) is 0 Å². The summed E-state index contributed by atoms with van der Waals surface area (Å²) in [6, 6.07) is 14.4. The molecule has 35 heavy (non-hydrogen) atoms. The Morgan fingerprint density at radius 3 is 2.86 bits per heavy atom. The number of thioether (sulfide) groups is 1. The normalized spacial score (nSPS) is 13.4. The van der Waals surface area contributed by atoms with Gasteiger partial charge in [0, 0.05) is 33.1 Å². The molecule has 0 aliphatic carbocycles. The molecular weight excluding hydrogens is 452 g/mol. The van der Waals surface area contributed by atoms with Crippen LogP contribution >= 0.6 is 11.8 Å². The summed E-state index contributed by atoms with van der Waals surface area (Å²) in [6.07, 6.45) is 18.1. The van der Waals surface area contributed by atoms with Gasteiger partial charge in [0.25, 0.3) is 0 Å². The molecule has 0 spiro atoms. The molecule has 176 valence electrons. The van der Waals surface area contributed by atoms with Gasteiger partial charge < -0.3 is 4.98 Å². The van der Waals surface area contributed by atoms with Crippen LogP contribution in [-0.4, -0.2) is 24.7 Å². The quantitative estimate of drug-likeness (QED) is 0.191. The van der Waals surface area contributed by atoms with Gasteiger partial charge >= 0.3 is 0 Å². The number of allylic oxidation sites excluding steroid dienone is 5. The molecule has 0 fully saturated rings. The Hall–Kier alpha value is -3.89. The summed E-state index contributed by atoms with van der Waals surface area (Å²) in [5.74, 6) is 0. The van der Waals surface area contributed by atoms with Gasteiger partial charge in [0.1, 0.15) is 12.0 Å². The average molecular weight is 481 g/mol. The smallest absolute Gasteiger partial charge is 0.141 e. The van der Waals surface area contributed by atoms with E-state index in [1.54, 1.807) is 18.1 Å². The van der Waals surface area contributed by atoms with E-state index in [0.29, 0.717) is 6.42 Å². The number of rotatable bonds is 10. The molecule has 4 aromatic rings. The van der Waals surface area contributed by atoms with Gasteiger partial charge in [-0.1, -0.05) is 61.5 Å². The highest BCUT2D eigenvalue weighted by Gasteiger charge is 2.18. The minimum Gasteiger partial charge on any atom is -0.346 e. The maximum atomic E-state index is 9.70. The van der Waals surface area contributed by atoms with Crippen molar-refractivity contribution in [3.05, 3.63) is 96.1 Å². The topological polar surface area (TPSA) is 83.2 Å². The van der Waals surface area contributed by atoms with E-state index in [1.807, 2.05) is 54.5 Å². The molecule has 1 atom stereocenters. The van der Waals surface area contributed by atoms with Crippen molar-refractivity contribution >= 4 is 22.8 Å². The van der Waals surface area contributed by atoms with Crippen molar-refractivity contribution in [2.24, 2.45) is 0 Å². The number of fused-ring (bicyclic) bond motifs is 1. The largest absolute Gasteiger partial charge is 0.346 e. The Morgan fingerprint density at radius 1 is 1.23 bits per heavy atom. The lowest BCUT2D eigenvalue weighted by Crippen LogP contribution is -2.11. The summed E-state index contributed by atoms with van der Waals surface area (Å²) in [7, 11) is 0. The molecule has 0 bridgehead atoms. The van der Waals surface area contributed by atoms with E-state index in [9.17, 15) is 5.26 Å². The number of H-pyrrole nitrogens is 1. The molecule has 1 N–H and O–H groups in total. The Morgan fingerprint density at radius 2 is 2.09 bits per heavy atom. The van der Waals surface area contributed by atoms with E-state index >= 15 is 0 Å². The number of benzene rings is 1. The molecule has 0 aliphatic heterocycles. The van der Waals surface area contributed by atoms with Crippen LogP contribution in [0.5, 0.6) is 0 Å². The number of nitriles is 1. The summed E-state index contributed by atoms with van der Waals surface area (Å²) >= 11 is 1.71. The van der Waals surface area contributed by atoms with Crippen LogP contribution in [0.3, 0.4) is 0 Å². The third kappa shape index (κ3) is 5.97. The van der Waals surface area contributed by atoms with Crippen molar-refractivity contribution in [1.82, 2.24) is 24.7 Å². The fourth-order valence-electron chi connectivity index (χ4n) is 3.79. The van der Waals surface area contributed by atoms with E-state index in [4.69, 9.17) is 0 Å². The summed E-state index contributed by atoms with van der Waals surface area (Å²) in [5.41, 5.74) is 3.54. The lowest BCUT2D eigenvalue weighted by Gasteiger charge is -2.17. The molecule has 0 aliphatic rings. The lowest BCUT2D eigenvalue weighted by atomic mass is 10.0. The number of unbranched alkanes of at least 4 members (excludes halogenated alkanes) is 1. The Bertz CT molecular complexity index is 1390. The van der Waals surface area contributed by atoms with E-state index < -0.39 is 0 Å². The van der Waals surface area contributed by atoms with Crippen LogP contribution in [0.4, 0.5) is 0 Å². The van der Waals surface area contributed by atoms with Gasteiger partial charge in [-0.05, 0) is 43.2 Å². The molecule has 0 saturated heterocycles. The molecule has 0 saturated carbocycles. The zero-order valence-corrected chi connectivity index (χ0v) is 20.7. The standard InChI is InChI=1S/C28H28N6S/c1-3-5-7-10-21(17-23(4-2)35-24-11-8-6-9-12-24)26(13-15-29)34-19-22(18-33-34)27-25-14-16-30-28(25)32-20-31-27/h4,6-12,14,16-20,26H,3,5,13H2,1-2H3,(H,30,31,32)/b10-7+,21-17+,23-4+. The molecule has 7 heteroatoms. The second kappa shape index (κ2) is 12.0. The fraction of sp³-hybridized carbons (Fsp3) is 0.214. The third-order valence-electron chi connectivity index (χ3n) is 5.56. The fourth-order valence-corrected chi connectivity index (χ4v) is 4.66. The van der Waals surface area contributed by atoms with E-state index in [-0.39, 0.29) is 6.04 Å². The second-order valence-corrected chi connectivity index (χ2v) is 9.14. The Labute approximate surface area is 210 Å². The van der Waals surface area contributed by atoms with Crippen LogP contribution in [0, 0.1) is 11.3 Å². The van der Waals surface area contributed by atoms with Gasteiger partial charge in [-0.25, -0.2) is 9.97 Å². The third-order valence-corrected chi connectivity index (χ3v) is 6.65. The van der Waals surface area contributed by atoms with E-state index in [2.05, 4.69) is 69.5 Å². The monoisotopic (exact) mass is 480 g/mol. The first-order valence-electron chi connectivity index (χ1n) is 11.7. The van der Waals surface area contributed by atoms with Crippen molar-refractivity contribution in [1.29, 1.82) is 5.26 Å². The van der Waals surface area contributed by atoms with Crippen LogP contribution in [0.1, 0.15) is 39.2 Å². The zero-order chi connectivity index (χ0) is 24.5. The molecule has 0 radical (unpaired) electrons. The van der Waals surface area contributed by atoms with Crippen molar-refractivity contribution in [2.75, 3.05) is 0 Å². The predicted molar refractivity (Wildman–Crippen MR) is 143 cm³/mol. The highest BCUT2D eigenvalue weighted by atomic mass is 32.2. The molecule has 4 rings (SSSR count). The summed E-state index contributed by atoms with van der Waals surface area (Å²) in [5, 5.41) is 15.3. The summed E-state index contributed by atoms with van der Waals surface area (Å²) in [4.78, 5) is 14.2. The molecule has 6 nitrogen and oxygen atoms in total. The number of nitrogens with one attached hydrogen (secondary N) is 1. The highest BCUT2D eigenvalue weighted by Crippen LogP contribution is 2.33. The van der Waals surface area contributed by atoms with E-state index in [1.165, 1.54) is 4.90 Å². The van der Waals surface area contributed by atoms with E-state index in [0.717, 1.165) is 45.6 Å². The van der Waals surface area contributed by atoms with Crippen molar-refractivity contribution < 1.29 is 0 Å². The van der Waals surface area contributed by atoms with Gasteiger partial charge in [0.05, 0.1) is 30.4 Å². The minimum absolute atomic E-state index is 0.225. The van der Waals surface area contributed by atoms with Gasteiger partial charge in [-0.2, -0.15) is 10.4 Å². The molecule has 3 heterocycles. The SMILES string of the molecule is C\C=C(/C=C(\C=C\CCC)C(CC#N)n1cc(-c2ncnc3[nH]ccc23)cn1)Sc1ccccc1. The van der Waals surface area contributed by atoms with Crippen molar-refractivity contribution in [3.8, 4) is 17.3 Å². The zero-order valence-electron chi connectivity index (χ0n) is 19.9. The molecular formula is C28H28N6S. The number of nitrogens with zero attached hydrogens (tertiary/aromatic N) is 5. The van der Waals surface area contributed by atoms with Crippen molar-refractivity contribution in [2.45, 2.75) is 44.0 Å². The second-order valence-electron chi connectivity index (χ2n) is 7.99. The number of aromatic nitrogens is 5.